The number of alkyl halides is 2. The SMILES string of the molecule is Fc1cc(-c2nnc(C(F)F)o2)ccc1Cn1cc(-c2ccc3c(c2)CN(C2CCC2)C3)nn1. The van der Waals surface area contributed by atoms with Gasteiger partial charge in [-0.15, -0.1) is 15.3 Å². The minimum atomic E-state index is -2.88. The molecule has 2 aromatic carbocycles. The summed E-state index contributed by atoms with van der Waals surface area (Å²) in [5, 5.41) is 15.3. The molecule has 0 bridgehead atoms. The summed E-state index contributed by atoms with van der Waals surface area (Å²) in [7, 11) is 0. The summed E-state index contributed by atoms with van der Waals surface area (Å²) in [5.41, 5.74) is 5.02. The van der Waals surface area contributed by atoms with E-state index in [1.54, 1.807) is 23.0 Å². The first-order valence-electron chi connectivity index (χ1n) is 11.2. The third-order valence-corrected chi connectivity index (χ3v) is 6.64. The smallest absolute Gasteiger partial charge is 0.314 e. The van der Waals surface area contributed by atoms with Crippen molar-refractivity contribution in [3.8, 4) is 22.7 Å². The van der Waals surface area contributed by atoms with Gasteiger partial charge >= 0.3 is 6.43 Å². The second-order valence-electron chi connectivity index (χ2n) is 8.83. The van der Waals surface area contributed by atoms with E-state index in [0.717, 1.165) is 24.3 Å². The van der Waals surface area contributed by atoms with Crippen molar-refractivity contribution in [1.29, 1.82) is 0 Å². The molecule has 1 aliphatic carbocycles. The molecule has 1 aliphatic heterocycles. The average molecular weight is 466 g/mol. The molecular weight excluding hydrogens is 445 g/mol. The van der Waals surface area contributed by atoms with Crippen LogP contribution in [0.25, 0.3) is 22.7 Å². The second kappa shape index (κ2) is 8.35. The molecule has 34 heavy (non-hydrogen) atoms. The Balaban J connectivity index is 1.17. The average Bonchev–Trinajstić information content (AvgIpc) is 3.53. The van der Waals surface area contributed by atoms with Crippen molar-refractivity contribution in [2.45, 2.75) is 51.4 Å². The van der Waals surface area contributed by atoms with Gasteiger partial charge in [-0.25, -0.2) is 9.07 Å². The van der Waals surface area contributed by atoms with Crippen LogP contribution in [0.2, 0.25) is 0 Å². The number of hydrogen-bond acceptors (Lipinski definition) is 6. The van der Waals surface area contributed by atoms with E-state index in [9.17, 15) is 13.2 Å². The van der Waals surface area contributed by atoms with Gasteiger partial charge in [0.25, 0.3) is 5.89 Å². The Bertz CT molecular complexity index is 1350. The molecule has 0 N–H and O–H groups in total. The molecule has 0 unspecified atom stereocenters. The highest BCUT2D eigenvalue weighted by molar-refractivity contribution is 5.60. The van der Waals surface area contributed by atoms with Crippen LogP contribution < -0.4 is 0 Å². The number of halogens is 3. The molecule has 7 nitrogen and oxygen atoms in total. The molecule has 2 aromatic heterocycles. The van der Waals surface area contributed by atoms with Gasteiger partial charge in [0.1, 0.15) is 11.5 Å². The fraction of sp³-hybridized carbons (Fsp3) is 0.333. The summed E-state index contributed by atoms with van der Waals surface area (Å²) in [4.78, 5) is 2.55. The first-order chi connectivity index (χ1) is 16.5. The highest BCUT2D eigenvalue weighted by Crippen LogP contribution is 2.34. The fourth-order valence-electron chi connectivity index (χ4n) is 4.52. The van der Waals surface area contributed by atoms with Gasteiger partial charge in [0.2, 0.25) is 5.89 Å². The number of hydrogen-bond donors (Lipinski definition) is 0. The molecule has 4 aromatic rings. The van der Waals surface area contributed by atoms with E-state index in [4.69, 9.17) is 4.42 Å². The molecule has 0 atom stereocenters. The number of nitrogens with zero attached hydrogens (tertiary/aromatic N) is 6. The van der Waals surface area contributed by atoms with Crippen LogP contribution in [0.4, 0.5) is 13.2 Å². The zero-order valence-electron chi connectivity index (χ0n) is 18.2. The maximum Gasteiger partial charge on any atom is 0.314 e. The predicted octanol–water partition coefficient (Wildman–Crippen LogP) is 4.99. The molecule has 0 saturated heterocycles. The maximum atomic E-state index is 14.7. The number of fused-ring (bicyclic) bond motifs is 1. The normalized spacial score (nSPS) is 16.2. The van der Waals surface area contributed by atoms with Crippen molar-refractivity contribution >= 4 is 0 Å². The maximum absolute atomic E-state index is 14.7. The Morgan fingerprint density at radius 2 is 1.79 bits per heavy atom. The Hall–Kier alpha value is -3.53. The lowest BCUT2D eigenvalue weighted by Gasteiger charge is -2.34. The summed E-state index contributed by atoms with van der Waals surface area (Å²) in [6, 6.07) is 11.4. The van der Waals surface area contributed by atoms with Crippen LogP contribution >= 0.6 is 0 Å². The van der Waals surface area contributed by atoms with Gasteiger partial charge in [0.15, 0.2) is 0 Å². The van der Waals surface area contributed by atoms with Gasteiger partial charge in [-0.3, -0.25) is 4.90 Å². The standard InChI is InChI=1S/C24H21F3N6O/c25-20-9-15(23-29-30-24(34-23)22(26)27)5-7-17(20)12-33-13-21(28-31-33)14-4-6-16-10-32(11-18(16)8-14)19-2-1-3-19/h4-9,13,19,22H,1-3,10-12H2. The van der Waals surface area contributed by atoms with Crippen LogP contribution in [0.15, 0.2) is 47.0 Å². The predicted molar refractivity (Wildman–Crippen MR) is 116 cm³/mol. The topological polar surface area (TPSA) is 72.9 Å². The summed E-state index contributed by atoms with van der Waals surface area (Å²) in [6.45, 7) is 2.15. The van der Waals surface area contributed by atoms with E-state index >= 15 is 0 Å². The molecule has 0 radical (unpaired) electrons. The first kappa shape index (κ1) is 21.0. The van der Waals surface area contributed by atoms with Gasteiger partial charge in [0.05, 0.1) is 12.7 Å². The first-order valence-corrected chi connectivity index (χ1v) is 11.2. The molecule has 6 rings (SSSR count). The quantitative estimate of drug-likeness (QED) is 0.399. The molecular formula is C24H21F3N6O. The number of aromatic nitrogens is 5. The Kier molecular flexibility index (Phi) is 5.17. The molecule has 0 amide bonds. The van der Waals surface area contributed by atoms with Crippen LogP contribution in [-0.4, -0.2) is 36.1 Å². The van der Waals surface area contributed by atoms with Crippen LogP contribution in [0.3, 0.4) is 0 Å². The van der Waals surface area contributed by atoms with Crippen LogP contribution in [-0.2, 0) is 19.6 Å². The Morgan fingerprint density at radius 3 is 2.53 bits per heavy atom. The van der Waals surface area contributed by atoms with Crippen LogP contribution in [0.5, 0.6) is 0 Å². The van der Waals surface area contributed by atoms with E-state index in [1.165, 1.54) is 36.5 Å². The van der Waals surface area contributed by atoms with Crippen molar-refractivity contribution in [3.05, 3.63) is 71.0 Å². The van der Waals surface area contributed by atoms with Gasteiger partial charge in [0, 0.05) is 35.8 Å². The lowest BCUT2D eigenvalue weighted by molar-refractivity contribution is 0.116. The van der Waals surface area contributed by atoms with E-state index in [1.807, 2.05) is 0 Å². The van der Waals surface area contributed by atoms with Gasteiger partial charge < -0.3 is 4.42 Å². The summed E-state index contributed by atoms with van der Waals surface area (Å²) in [5.74, 6) is -1.48. The monoisotopic (exact) mass is 466 g/mol. The Labute approximate surface area is 193 Å². The van der Waals surface area contributed by atoms with Crippen LogP contribution in [0, 0.1) is 5.82 Å². The highest BCUT2D eigenvalue weighted by Gasteiger charge is 2.29. The summed E-state index contributed by atoms with van der Waals surface area (Å²) >= 11 is 0. The molecule has 10 heteroatoms. The lowest BCUT2D eigenvalue weighted by Crippen LogP contribution is -2.36. The van der Waals surface area contributed by atoms with Crippen molar-refractivity contribution in [2.75, 3.05) is 0 Å². The fourth-order valence-corrected chi connectivity index (χ4v) is 4.52. The second-order valence-corrected chi connectivity index (χ2v) is 8.83. The van der Waals surface area contributed by atoms with E-state index in [0.29, 0.717) is 11.6 Å². The van der Waals surface area contributed by atoms with Gasteiger partial charge in [-0.2, -0.15) is 8.78 Å². The molecule has 174 valence electrons. The van der Waals surface area contributed by atoms with Gasteiger partial charge in [-0.1, -0.05) is 29.8 Å². The van der Waals surface area contributed by atoms with Gasteiger partial charge in [-0.05, 0) is 42.2 Å². The molecule has 0 spiro atoms. The van der Waals surface area contributed by atoms with Crippen LogP contribution in [0.1, 0.15) is 48.3 Å². The lowest BCUT2D eigenvalue weighted by atomic mass is 9.92. The highest BCUT2D eigenvalue weighted by atomic mass is 19.3. The van der Waals surface area contributed by atoms with E-state index < -0.39 is 18.1 Å². The Morgan fingerprint density at radius 1 is 0.971 bits per heavy atom. The third-order valence-electron chi connectivity index (χ3n) is 6.64. The zero-order chi connectivity index (χ0) is 23.2. The van der Waals surface area contributed by atoms with E-state index in [-0.39, 0.29) is 18.0 Å². The molecule has 1 fully saturated rings. The molecule has 1 saturated carbocycles. The largest absolute Gasteiger partial charge is 0.415 e. The third kappa shape index (κ3) is 3.87. The van der Waals surface area contributed by atoms with Crippen molar-refractivity contribution in [1.82, 2.24) is 30.1 Å². The van der Waals surface area contributed by atoms with Crippen molar-refractivity contribution in [3.63, 3.8) is 0 Å². The summed E-state index contributed by atoms with van der Waals surface area (Å²) in [6.07, 6.45) is 2.82. The molecule has 3 heterocycles. The summed E-state index contributed by atoms with van der Waals surface area (Å²) < 4.78 is 46.5. The van der Waals surface area contributed by atoms with E-state index in [2.05, 4.69) is 43.6 Å². The van der Waals surface area contributed by atoms with Crippen molar-refractivity contribution in [2.24, 2.45) is 0 Å². The number of rotatable bonds is 6. The molecule has 2 aliphatic rings. The zero-order valence-corrected chi connectivity index (χ0v) is 18.2. The minimum Gasteiger partial charge on any atom is -0.415 e. The number of benzene rings is 2. The van der Waals surface area contributed by atoms with Crippen molar-refractivity contribution < 1.29 is 17.6 Å². The minimum absolute atomic E-state index is 0.156.